The Bertz CT molecular complexity index is 458. The predicted molar refractivity (Wildman–Crippen MR) is 59.0 cm³/mol. The van der Waals surface area contributed by atoms with Gasteiger partial charge in [0, 0.05) is 7.05 Å². The first-order valence-corrected chi connectivity index (χ1v) is 5.48. The lowest BCUT2D eigenvalue weighted by Gasteiger charge is -2.19. The van der Waals surface area contributed by atoms with E-state index in [1.165, 1.54) is 11.4 Å². The number of aromatic carboxylic acids is 1. The molecular weight excluding hydrogens is 273 g/mol. The number of carbonyl (C=O) groups excluding carboxylic acids is 1. The maximum absolute atomic E-state index is 12.0. The summed E-state index contributed by atoms with van der Waals surface area (Å²) in [7, 11) is 0.969. The van der Waals surface area contributed by atoms with Crippen molar-refractivity contribution in [1.82, 2.24) is 4.90 Å². The minimum atomic E-state index is -4.50. The van der Waals surface area contributed by atoms with Crippen molar-refractivity contribution in [3.05, 3.63) is 17.0 Å². The second-order valence-electron chi connectivity index (χ2n) is 3.37. The van der Waals surface area contributed by atoms with E-state index in [1.54, 1.807) is 0 Å². The van der Waals surface area contributed by atoms with Crippen LogP contribution in [0.4, 0.5) is 23.0 Å². The molecule has 1 rings (SSSR count). The van der Waals surface area contributed by atoms with Crippen molar-refractivity contribution < 1.29 is 27.9 Å². The molecule has 0 aliphatic rings. The lowest BCUT2D eigenvalue weighted by atomic mass is 10.3. The third-order valence-electron chi connectivity index (χ3n) is 1.88. The molecule has 0 aliphatic heterocycles. The lowest BCUT2D eigenvalue weighted by Crippen LogP contribution is -2.38. The average Bonchev–Trinajstić information content (AvgIpc) is 2.62. The Balaban J connectivity index is 2.70. The van der Waals surface area contributed by atoms with Gasteiger partial charge in [-0.25, -0.2) is 9.59 Å². The number of anilines is 1. The molecule has 0 atom stereocenters. The summed E-state index contributed by atoms with van der Waals surface area (Å²) in [5, 5.41) is 12.3. The minimum absolute atomic E-state index is 0.00141. The number of rotatable bonds is 3. The van der Waals surface area contributed by atoms with E-state index < -0.39 is 24.7 Å². The van der Waals surface area contributed by atoms with Crippen molar-refractivity contribution in [2.24, 2.45) is 0 Å². The van der Waals surface area contributed by atoms with Crippen LogP contribution in [-0.2, 0) is 0 Å². The van der Waals surface area contributed by atoms with Crippen molar-refractivity contribution in [3.8, 4) is 0 Å². The summed E-state index contributed by atoms with van der Waals surface area (Å²) < 4.78 is 36.1. The summed E-state index contributed by atoms with van der Waals surface area (Å²) in [5.41, 5.74) is -0.159. The molecule has 0 bridgehead atoms. The fourth-order valence-electron chi connectivity index (χ4n) is 1.11. The van der Waals surface area contributed by atoms with Crippen LogP contribution >= 0.6 is 11.3 Å². The first-order valence-electron chi connectivity index (χ1n) is 4.60. The molecule has 0 aromatic carbocycles. The normalized spacial score (nSPS) is 11.1. The van der Waals surface area contributed by atoms with Crippen LogP contribution in [0.25, 0.3) is 0 Å². The zero-order valence-corrected chi connectivity index (χ0v) is 9.93. The first-order chi connectivity index (χ1) is 8.20. The number of halogens is 3. The van der Waals surface area contributed by atoms with Crippen LogP contribution in [0.5, 0.6) is 0 Å². The molecule has 100 valence electrons. The number of urea groups is 1. The first kappa shape index (κ1) is 14.3. The van der Waals surface area contributed by atoms with E-state index in [-0.39, 0.29) is 10.6 Å². The van der Waals surface area contributed by atoms with Crippen LogP contribution in [0.1, 0.15) is 10.4 Å². The zero-order chi connectivity index (χ0) is 13.9. The average molecular weight is 282 g/mol. The van der Waals surface area contributed by atoms with Gasteiger partial charge < -0.3 is 10.0 Å². The molecule has 2 N–H and O–H groups in total. The maximum atomic E-state index is 12.0. The van der Waals surface area contributed by atoms with Crippen LogP contribution in [0.15, 0.2) is 11.4 Å². The van der Waals surface area contributed by atoms with Crippen molar-refractivity contribution >= 4 is 28.3 Å². The van der Waals surface area contributed by atoms with Gasteiger partial charge in [0.05, 0.1) is 5.56 Å². The van der Waals surface area contributed by atoms with Crippen molar-refractivity contribution in [2.75, 3.05) is 18.9 Å². The third-order valence-corrected chi connectivity index (χ3v) is 2.71. The third kappa shape index (κ3) is 3.91. The number of hydrogen-bond acceptors (Lipinski definition) is 3. The van der Waals surface area contributed by atoms with E-state index in [2.05, 4.69) is 5.32 Å². The molecular formula is C9H9F3N2O3S. The largest absolute Gasteiger partial charge is 0.478 e. The molecule has 2 amide bonds. The van der Waals surface area contributed by atoms with Gasteiger partial charge in [0.1, 0.15) is 11.5 Å². The number of alkyl halides is 3. The smallest absolute Gasteiger partial charge is 0.406 e. The number of thiophene rings is 1. The van der Waals surface area contributed by atoms with Crippen LogP contribution in [0, 0.1) is 0 Å². The Morgan fingerprint density at radius 3 is 2.61 bits per heavy atom. The van der Waals surface area contributed by atoms with Gasteiger partial charge in [-0.05, 0) is 11.4 Å². The quantitative estimate of drug-likeness (QED) is 0.894. The number of carboxylic acids is 1. The van der Waals surface area contributed by atoms with E-state index in [1.807, 2.05) is 0 Å². The van der Waals surface area contributed by atoms with Crippen LogP contribution in [-0.4, -0.2) is 41.8 Å². The minimum Gasteiger partial charge on any atom is -0.478 e. The molecule has 0 saturated carbocycles. The van der Waals surface area contributed by atoms with Gasteiger partial charge in [0.2, 0.25) is 0 Å². The van der Waals surface area contributed by atoms with Crippen LogP contribution < -0.4 is 5.32 Å². The summed E-state index contributed by atoms with van der Waals surface area (Å²) in [6, 6.07) is 0.240. The fourth-order valence-corrected chi connectivity index (χ4v) is 1.88. The van der Waals surface area contributed by atoms with Gasteiger partial charge in [0.25, 0.3) is 0 Å². The molecule has 18 heavy (non-hydrogen) atoms. The SMILES string of the molecule is CN(CC(F)(F)F)C(=O)Nc1sccc1C(=O)O. The summed E-state index contributed by atoms with van der Waals surface area (Å²) in [5.74, 6) is -1.26. The summed E-state index contributed by atoms with van der Waals surface area (Å²) >= 11 is 0.921. The predicted octanol–water partition coefficient (Wildman–Crippen LogP) is 2.47. The Hall–Kier alpha value is -1.77. The molecule has 1 heterocycles. The molecule has 0 aliphatic carbocycles. The maximum Gasteiger partial charge on any atom is 0.406 e. The molecule has 0 unspecified atom stereocenters. The number of nitrogens with zero attached hydrogens (tertiary/aromatic N) is 1. The van der Waals surface area contributed by atoms with Gasteiger partial charge in [-0.2, -0.15) is 13.2 Å². The van der Waals surface area contributed by atoms with Gasteiger partial charge in [-0.15, -0.1) is 11.3 Å². The highest BCUT2D eigenvalue weighted by atomic mass is 32.1. The van der Waals surface area contributed by atoms with Crippen LogP contribution in [0.2, 0.25) is 0 Å². The highest BCUT2D eigenvalue weighted by Gasteiger charge is 2.31. The Labute approximate surface area is 104 Å². The van der Waals surface area contributed by atoms with Gasteiger partial charge in [-0.3, -0.25) is 5.32 Å². The number of amides is 2. The number of nitrogens with one attached hydrogen (secondary N) is 1. The van der Waals surface area contributed by atoms with E-state index in [0.717, 1.165) is 18.4 Å². The molecule has 9 heteroatoms. The molecule has 0 spiro atoms. The lowest BCUT2D eigenvalue weighted by molar-refractivity contribution is -0.137. The molecule has 1 aromatic heterocycles. The van der Waals surface area contributed by atoms with E-state index >= 15 is 0 Å². The van der Waals surface area contributed by atoms with Gasteiger partial charge >= 0.3 is 18.2 Å². The van der Waals surface area contributed by atoms with Gasteiger partial charge in [0.15, 0.2) is 0 Å². The number of carbonyl (C=O) groups is 2. The highest BCUT2D eigenvalue weighted by Crippen LogP contribution is 2.24. The van der Waals surface area contributed by atoms with E-state index in [9.17, 15) is 22.8 Å². The molecule has 1 aromatic rings. The van der Waals surface area contributed by atoms with E-state index in [4.69, 9.17) is 5.11 Å². The second kappa shape index (κ2) is 5.25. The van der Waals surface area contributed by atoms with E-state index in [0.29, 0.717) is 4.90 Å². The number of carboxylic acid groups (broad SMARTS) is 1. The number of hydrogen-bond donors (Lipinski definition) is 2. The van der Waals surface area contributed by atoms with Crippen molar-refractivity contribution in [3.63, 3.8) is 0 Å². The fraction of sp³-hybridized carbons (Fsp3) is 0.333. The van der Waals surface area contributed by atoms with Crippen molar-refractivity contribution in [2.45, 2.75) is 6.18 Å². The zero-order valence-electron chi connectivity index (χ0n) is 9.11. The summed E-state index contributed by atoms with van der Waals surface area (Å²) in [6.45, 7) is -1.41. The van der Waals surface area contributed by atoms with Gasteiger partial charge in [-0.1, -0.05) is 0 Å². The molecule has 0 saturated heterocycles. The molecule has 5 nitrogen and oxygen atoms in total. The topological polar surface area (TPSA) is 69.6 Å². The highest BCUT2D eigenvalue weighted by molar-refractivity contribution is 7.14. The summed E-state index contributed by atoms with van der Waals surface area (Å²) in [6.07, 6.45) is -4.50. The van der Waals surface area contributed by atoms with Crippen molar-refractivity contribution in [1.29, 1.82) is 0 Å². The standard InChI is InChI=1S/C9H9F3N2O3S/c1-14(4-9(10,11)12)8(17)13-6-5(7(15)16)2-3-18-6/h2-3H,4H2,1H3,(H,13,17)(H,15,16). The Kier molecular flexibility index (Phi) is 4.17. The molecule has 0 radical (unpaired) electrons. The summed E-state index contributed by atoms with van der Waals surface area (Å²) in [4.78, 5) is 22.5. The Morgan fingerprint density at radius 1 is 1.50 bits per heavy atom. The Morgan fingerprint density at radius 2 is 2.11 bits per heavy atom. The monoisotopic (exact) mass is 282 g/mol. The second-order valence-corrected chi connectivity index (χ2v) is 4.29. The van der Waals surface area contributed by atoms with Crippen LogP contribution in [0.3, 0.4) is 0 Å². The molecule has 0 fully saturated rings.